The molecule has 2 atom stereocenters. The van der Waals surface area contributed by atoms with E-state index in [0.717, 1.165) is 32.1 Å². The van der Waals surface area contributed by atoms with E-state index in [1.165, 1.54) is 4.31 Å². The highest BCUT2D eigenvalue weighted by atomic mass is 32.2. The molecule has 20 heavy (non-hydrogen) atoms. The Kier molecular flexibility index (Phi) is 5.20. The second-order valence-electron chi connectivity index (χ2n) is 5.73. The van der Waals surface area contributed by atoms with Gasteiger partial charge in [0.15, 0.2) is 0 Å². The Labute approximate surface area is 122 Å². The Bertz CT molecular complexity index is 445. The second-order valence-corrected chi connectivity index (χ2v) is 7.61. The van der Waals surface area contributed by atoms with Crippen LogP contribution in [0.2, 0.25) is 0 Å². The molecule has 1 saturated heterocycles. The minimum absolute atomic E-state index is 0.0726. The Balaban J connectivity index is 2.20. The lowest BCUT2D eigenvalue weighted by Crippen LogP contribution is -2.49. The van der Waals surface area contributed by atoms with Crippen LogP contribution in [0, 0.1) is 5.92 Å². The van der Waals surface area contributed by atoms with Crippen LogP contribution in [0.15, 0.2) is 0 Å². The van der Waals surface area contributed by atoms with Crippen molar-refractivity contribution in [1.82, 2.24) is 8.61 Å². The smallest absolute Gasteiger partial charge is 0.282 e. The number of Topliss-reactive ketones (excluding diaryl/α,β-unsaturated/α-hetero) is 1. The van der Waals surface area contributed by atoms with Gasteiger partial charge < -0.3 is 0 Å². The molecule has 0 aromatic carbocycles. The van der Waals surface area contributed by atoms with Crippen LogP contribution in [-0.2, 0) is 15.0 Å². The predicted molar refractivity (Wildman–Crippen MR) is 78.5 cm³/mol. The molecule has 1 heterocycles. The fourth-order valence-electron chi connectivity index (χ4n) is 3.57. The molecule has 0 amide bonds. The van der Waals surface area contributed by atoms with Gasteiger partial charge in [-0.2, -0.15) is 17.0 Å². The second kappa shape index (κ2) is 6.54. The number of carbonyl (C=O) groups excluding carboxylic acids is 1. The maximum Gasteiger partial charge on any atom is 0.282 e. The van der Waals surface area contributed by atoms with Gasteiger partial charge in [-0.25, -0.2) is 0 Å². The van der Waals surface area contributed by atoms with Crippen molar-refractivity contribution in [3.05, 3.63) is 0 Å². The molecular weight excluding hydrogens is 276 g/mol. The molecule has 0 aromatic rings. The molecule has 0 bridgehead atoms. The van der Waals surface area contributed by atoms with E-state index >= 15 is 0 Å². The summed E-state index contributed by atoms with van der Waals surface area (Å²) in [6.07, 6.45) is 5.19. The maximum atomic E-state index is 12.7. The topological polar surface area (TPSA) is 57.7 Å². The predicted octanol–water partition coefficient (Wildman–Crippen LogP) is 1.80. The van der Waals surface area contributed by atoms with Crippen LogP contribution in [0.3, 0.4) is 0 Å². The summed E-state index contributed by atoms with van der Waals surface area (Å²) >= 11 is 0. The van der Waals surface area contributed by atoms with Gasteiger partial charge >= 0.3 is 0 Å². The molecule has 1 aliphatic carbocycles. The molecule has 6 heteroatoms. The summed E-state index contributed by atoms with van der Waals surface area (Å²) < 4.78 is 28.5. The third kappa shape index (κ3) is 2.92. The van der Waals surface area contributed by atoms with E-state index in [2.05, 4.69) is 0 Å². The Morgan fingerprint density at radius 3 is 2.45 bits per heavy atom. The number of carbonyl (C=O) groups is 1. The normalized spacial score (nSPS) is 29.2. The minimum atomic E-state index is -3.41. The number of hydrogen-bond acceptors (Lipinski definition) is 3. The molecule has 116 valence electrons. The van der Waals surface area contributed by atoms with Crippen LogP contribution in [0.4, 0.5) is 0 Å². The first-order chi connectivity index (χ1) is 9.52. The van der Waals surface area contributed by atoms with Crippen molar-refractivity contribution in [2.75, 3.05) is 19.6 Å². The van der Waals surface area contributed by atoms with Crippen LogP contribution in [-0.4, -0.2) is 48.5 Å². The highest BCUT2D eigenvalue weighted by Gasteiger charge is 2.43. The minimum Gasteiger partial charge on any atom is -0.299 e. The zero-order valence-corrected chi connectivity index (χ0v) is 13.4. The number of rotatable bonds is 5. The quantitative estimate of drug-likeness (QED) is 0.778. The van der Waals surface area contributed by atoms with Crippen LogP contribution in [0.1, 0.15) is 52.4 Å². The molecule has 2 unspecified atom stereocenters. The molecule has 0 N–H and O–H groups in total. The lowest BCUT2D eigenvalue weighted by atomic mass is 9.82. The van der Waals surface area contributed by atoms with Gasteiger partial charge in [-0.15, -0.1) is 0 Å². The Morgan fingerprint density at radius 1 is 1.15 bits per heavy atom. The molecular formula is C14H26N2O3S. The molecule has 2 rings (SSSR count). The summed E-state index contributed by atoms with van der Waals surface area (Å²) in [4.78, 5) is 12.1. The molecule has 1 aliphatic heterocycles. The standard InChI is InChI=1S/C14H26N2O3S/c1-3-15(4-2)20(18,19)16-11-7-9-13(16)12-8-5-6-10-14(12)17/h12-13H,3-11H2,1-2H3. The average molecular weight is 302 g/mol. The van der Waals surface area contributed by atoms with Gasteiger partial charge in [0.25, 0.3) is 10.2 Å². The van der Waals surface area contributed by atoms with Gasteiger partial charge in [0.05, 0.1) is 0 Å². The van der Waals surface area contributed by atoms with Crippen molar-refractivity contribution in [2.45, 2.75) is 58.4 Å². The SMILES string of the molecule is CCN(CC)S(=O)(=O)N1CCCC1C1CCCCC1=O. The summed E-state index contributed by atoms with van der Waals surface area (Å²) in [6.45, 7) is 5.25. The van der Waals surface area contributed by atoms with Gasteiger partial charge in [-0.3, -0.25) is 4.79 Å². The van der Waals surface area contributed by atoms with E-state index in [-0.39, 0.29) is 17.7 Å². The van der Waals surface area contributed by atoms with E-state index in [0.29, 0.717) is 26.1 Å². The van der Waals surface area contributed by atoms with Gasteiger partial charge in [-0.1, -0.05) is 20.3 Å². The summed E-state index contributed by atoms with van der Waals surface area (Å²) in [5, 5.41) is 0. The van der Waals surface area contributed by atoms with Gasteiger partial charge in [0.2, 0.25) is 0 Å². The molecule has 1 saturated carbocycles. The molecule has 0 aromatic heterocycles. The fourth-order valence-corrected chi connectivity index (χ4v) is 5.47. The molecule has 2 aliphatic rings. The first kappa shape index (κ1) is 15.9. The van der Waals surface area contributed by atoms with E-state index in [9.17, 15) is 13.2 Å². The van der Waals surface area contributed by atoms with Crippen LogP contribution >= 0.6 is 0 Å². The number of hydrogen-bond donors (Lipinski definition) is 0. The van der Waals surface area contributed by atoms with E-state index in [4.69, 9.17) is 0 Å². The maximum absolute atomic E-state index is 12.7. The van der Waals surface area contributed by atoms with Crippen molar-refractivity contribution in [3.8, 4) is 0 Å². The molecule has 0 spiro atoms. The molecule has 0 radical (unpaired) electrons. The first-order valence-corrected chi connectivity index (χ1v) is 9.21. The van der Waals surface area contributed by atoms with E-state index in [1.807, 2.05) is 13.8 Å². The van der Waals surface area contributed by atoms with Crippen molar-refractivity contribution in [2.24, 2.45) is 5.92 Å². The van der Waals surface area contributed by atoms with Crippen molar-refractivity contribution in [1.29, 1.82) is 0 Å². The van der Waals surface area contributed by atoms with Crippen molar-refractivity contribution in [3.63, 3.8) is 0 Å². The zero-order valence-electron chi connectivity index (χ0n) is 12.5. The first-order valence-electron chi connectivity index (χ1n) is 7.82. The highest BCUT2D eigenvalue weighted by molar-refractivity contribution is 7.86. The largest absolute Gasteiger partial charge is 0.299 e. The third-order valence-electron chi connectivity index (χ3n) is 4.64. The Morgan fingerprint density at radius 2 is 1.85 bits per heavy atom. The van der Waals surface area contributed by atoms with Crippen LogP contribution < -0.4 is 0 Å². The van der Waals surface area contributed by atoms with Crippen molar-refractivity contribution >= 4 is 16.0 Å². The monoisotopic (exact) mass is 302 g/mol. The van der Waals surface area contributed by atoms with E-state index in [1.54, 1.807) is 4.31 Å². The summed E-state index contributed by atoms with van der Waals surface area (Å²) in [5.74, 6) is 0.194. The zero-order chi connectivity index (χ0) is 14.8. The Hall–Kier alpha value is -0.460. The summed E-state index contributed by atoms with van der Waals surface area (Å²) in [7, 11) is -3.41. The van der Waals surface area contributed by atoms with Crippen LogP contribution in [0.5, 0.6) is 0 Å². The van der Waals surface area contributed by atoms with Crippen molar-refractivity contribution < 1.29 is 13.2 Å². The summed E-state index contributed by atoms with van der Waals surface area (Å²) in [6, 6.07) is -0.103. The van der Waals surface area contributed by atoms with Crippen LogP contribution in [0.25, 0.3) is 0 Å². The molecule has 5 nitrogen and oxygen atoms in total. The molecule has 2 fully saturated rings. The number of nitrogens with zero attached hydrogens (tertiary/aromatic N) is 2. The van der Waals surface area contributed by atoms with Gasteiger partial charge in [0.1, 0.15) is 5.78 Å². The highest BCUT2D eigenvalue weighted by Crippen LogP contribution is 2.34. The summed E-state index contributed by atoms with van der Waals surface area (Å²) in [5.41, 5.74) is 0. The number of ketones is 1. The van der Waals surface area contributed by atoms with Gasteiger partial charge in [-0.05, 0) is 25.7 Å². The lowest BCUT2D eigenvalue weighted by molar-refractivity contribution is -0.126. The fraction of sp³-hybridized carbons (Fsp3) is 0.929. The van der Waals surface area contributed by atoms with E-state index < -0.39 is 10.2 Å². The van der Waals surface area contributed by atoms with Gasteiger partial charge in [0, 0.05) is 38.0 Å². The lowest BCUT2D eigenvalue weighted by Gasteiger charge is -2.34. The third-order valence-corrected chi connectivity index (χ3v) is 6.86. The average Bonchev–Trinajstić information content (AvgIpc) is 2.90.